The van der Waals surface area contributed by atoms with Gasteiger partial charge in [0.15, 0.2) is 0 Å². The predicted octanol–water partition coefficient (Wildman–Crippen LogP) is 4.13. The lowest BCUT2D eigenvalue weighted by Gasteiger charge is -2.35. The molecule has 0 bridgehead atoms. The lowest BCUT2D eigenvalue weighted by atomic mass is 9.90. The lowest BCUT2D eigenvalue weighted by molar-refractivity contribution is -0.137. The molecule has 0 aliphatic carbocycles. The van der Waals surface area contributed by atoms with Crippen molar-refractivity contribution in [3.63, 3.8) is 0 Å². The van der Waals surface area contributed by atoms with Gasteiger partial charge in [-0.25, -0.2) is 0 Å². The van der Waals surface area contributed by atoms with Crippen LogP contribution in [-0.4, -0.2) is 41.4 Å². The van der Waals surface area contributed by atoms with Crippen LogP contribution in [0.3, 0.4) is 0 Å². The maximum absolute atomic E-state index is 13.2. The third-order valence-electron chi connectivity index (χ3n) is 6.17. The lowest BCUT2D eigenvalue weighted by Crippen LogP contribution is -2.48. The first-order valence-electron chi connectivity index (χ1n) is 10.4. The van der Waals surface area contributed by atoms with E-state index >= 15 is 0 Å². The predicted molar refractivity (Wildman–Crippen MR) is 109 cm³/mol. The van der Waals surface area contributed by atoms with Crippen molar-refractivity contribution in [1.29, 1.82) is 0 Å². The fourth-order valence-corrected chi connectivity index (χ4v) is 4.63. The molecule has 1 amide bonds. The molecule has 27 heavy (non-hydrogen) atoms. The molecule has 142 valence electrons. The van der Waals surface area contributed by atoms with Crippen molar-refractivity contribution in [1.82, 2.24) is 9.80 Å². The van der Waals surface area contributed by atoms with Crippen molar-refractivity contribution in [3.05, 3.63) is 71.8 Å². The van der Waals surface area contributed by atoms with Crippen LogP contribution in [0.2, 0.25) is 0 Å². The van der Waals surface area contributed by atoms with Gasteiger partial charge in [-0.1, -0.05) is 60.7 Å². The first-order chi connectivity index (χ1) is 13.3. The van der Waals surface area contributed by atoms with E-state index in [9.17, 15) is 4.79 Å². The molecule has 2 aromatic rings. The molecule has 0 aromatic heterocycles. The Bertz CT molecular complexity index is 723. The van der Waals surface area contributed by atoms with Gasteiger partial charge in [0, 0.05) is 19.6 Å². The molecule has 2 aliphatic heterocycles. The molecule has 2 aliphatic rings. The highest BCUT2D eigenvalue weighted by Gasteiger charge is 2.34. The Morgan fingerprint density at radius 1 is 0.815 bits per heavy atom. The van der Waals surface area contributed by atoms with Crippen molar-refractivity contribution in [2.75, 3.05) is 19.6 Å². The van der Waals surface area contributed by atoms with E-state index in [0.717, 1.165) is 58.3 Å². The molecular weight excluding hydrogens is 332 g/mol. The number of piperidine rings is 1. The summed E-state index contributed by atoms with van der Waals surface area (Å²) in [5.41, 5.74) is 2.73. The molecular formula is C24H30N2O. The third-order valence-corrected chi connectivity index (χ3v) is 6.17. The van der Waals surface area contributed by atoms with Gasteiger partial charge in [-0.3, -0.25) is 9.69 Å². The van der Waals surface area contributed by atoms with Crippen LogP contribution in [0.1, 0.15) is 36.8 Å². The Balaban J connectivity index is 1.30. The molecule has 4 rings (SSSR count). The molecule has 2 heterocycles. The number of carbonyl (C=O) groups excluding carboxylic acids is 1. The molecule has 1 atom stereocenters. The first kappa shape index (κ1) is 18.2. The molecule has 2 aromatic carbocycles. The number of rotatable bonds is 5. The molecule has 0 spiro atoms. The van der Waals surface area contributed by atoms with Crippen LogP contribution in [-0.2, 0) is 17.8 Å². The topological polar surface area (TPSA) is 23.6 Å². The van der Waals surface area contributed by atoms with Crippen molar-refractivity contribution in [2.45, 2.75) is 44.7 Å². The Kier molecular flexibility index (Phi) is 5.88. The summed E-state index contributed by atoms with van der Waals surface area (Å²) < 4.78 is 0. The van der Waals surface area contributed by atoms with Gasteiger partial charge in [0.1, 0.15) is 0 Å². The van der Waals surface area contributed by atoms with Crippen LogP contribution < -0.4 is 0 Å². The normalized spacial score (nSPS) is 21.5. The maximum Gasteiger partial charge on any atom is 0.239 e. The van der Waals surface area contributed by atoms with Gasteiger partial charge in [0.25, 0.3) is 0 Å². The maximum atomic E-state index is 13.2. The van der Waals surface area contributed by atoms with Crippen molar-refractivity contribution in [2.24, 2.45) is 5.92 Å². The van der Waals surface area contributed by atoms with E-state index in [1.807, 2.05) is 0 Å². The summed E-state index contributed by atoms with van der Waals surface area (Å²) in [5, 5.41) is 0. The highest BCUT2D eigenvalue weighted by atomic mass is 16.2. The summed E-state index contributed by atoms with van der Waals surface area (Å²) in [5.74, 6) is 1.07. The zero-order chi connectivity index (χ0) is 18.5. The van der Waals surface area contributed by atoms with Gasteiger partial charge in [0.05, 0.1) is 6.04 Å². The van der Waals surface area contributed by atoms with E-state index in [1.54, 1.807) is 0 Å². The number of carbonyl (C=O) groups is 1. The number of amides is 1. The van der Waals surface area contributed by atoms with Crippen LogP contribution >= 0.6 is 0 Å². The van der Waals surface area contributed by atoms with Gasteiger partial charge in [-0.2, -0.15) is 0 Å². The number of hydrogen-bond acceptors (Lipinski definition) is 2. The second-order valence-electron chi connectivity index (χ2n) is 8.07. The molecule has 0 N–H and O–H groups in total. The average Bonchev–Trinajstić information content (AvgIpc) is 3.18. The standard InChI is InChI=1S/C24H30N2O/c27-24(23-12-7-15-26(23)19-22-10-5-2-6-11-22)25-16-13-21(14-17-25)18-20-8-3-1-4-9-20/h1-6,8-11,21,23H,7,12-19H2/t23-/m0/s1. The Morgan fingerprint density at radius 3 is 2.11 bits per heavy atom. The van der Waals surface area contributed by atoms with Gasteiger partial charge in [-0.05, 0) is 55.7 Å². The minimum atomic E-state index is 0.0795. The molecule has 0 radical (unpaired) electrons. The van der Waals surface area contributed by atoms with Crippen molar-refractivity contribution in [3.8, 4) is 0 Å². The van der Waals surface area contributed by atoms with Crippen LogP contribution in [0.5, 0.6) is 0 Å². The monoisotopic (exact) mass is 362 g/mol. The molecule has 2 saturated heterocycles. The van der Waals surface area contributed by atoms with Crippen LogP contribution in [0.15, 0.2) is 60.7 Å². The zero-order valence-corrected chi connectivity index (χ0v) is 16.1. The molecule has 2 fully saturated rings. The van der Waals surface area contributed by atoms with E-state index in [1.165, 1.54) is 11.1 Å². The van der Waals surface area contributed by atoms with Crippen molar-refractivity contribution >= 4 is 5.91 Å². The van der Waals surface area contributed by atoms with Gasteiger partial charge < -0.3 is 4.90 Å². The van der Waals surface area contributed by atoms with E-state index in [0.29, 0.717) is 11.8 Å². The second-order valence-corrected chi connectivity index (χ2v) is 8.07. The van der Waals surface area contributed by atoms with Gasteiger partial charge >= 0.3 is 0 Å². The molecule has 3 nitrogen and oxygen atoms in total. The van der Waals surface area contributed by atoms with E-state index < -0.39 is 0 Å². The van der Waals surface area contributed by atoms with Crippen LogP contribution in [0.4, 0.5) is 0 Å². The molecule has 3 heteroatoms. The SMILES string of the molecule is O=C([C@@H]1CCCN1Cc1ccccc1)N1CCC(Cc2ccccc2)CC1. The molecule has 0 saturated carbocycles. The summed E-state index contributed by atoms with van der Waals surface area (Å²) in [7, 11) is 0. The summed E-state index contributed by atoms with van der Waals surface area (Å²) in [6, 6.07) is 21.4. The van der Waals surface area contributed by atoms with E-state index in [-0.39, 0.29) is 6.04 Å². The minimum Gasteiger partial charge on any atom is -0.341 e. The number of benzene rings is 2. The number of nitrogens with zero attached hydrogens (tertiary/aromatic N) is 2. The molecule has 0 unspecified atom stereocenters. The van der Waals surface area contributed by atoms with Gasteiger partial charge in [-0.15, -0.1) is 0 Å². The summed E-state index contributed by atoms with van der Waals surface area (Å²) >= 11 is 0. The fraction of sp³-hybridized carbons (Fsp3) is 0.458. The summed E-state index contributed by atoms with van der Waals surface area (Å²) in [6.45, 7) is 3.77. The quantitative estimate of drug-likeness (QED) is 0.798. The van der Waals surface area contributed by atoms with E-state index in [2.05, 4.69) is 70.5 Å². The fourth-order valence-electron chi connectivity index (χ4n) is 4.63. The minimum absolute atomic E-state index is 0.0795. The van der Waals surface area contributed by atoms with E-state index in [4.69, 9.17) is 0 Å². The Labute approximate surface area is 163 Å². The summed E-state index contributed by atoms with van der Waals surface area (Å²) in [4.78, 5) is 17.7. The highest BCUT2D eigenvalue weighted by Crippen LogP contribution is 2.26. The smallest absolute Gasteiger partial charge is 0.239 e. The van der Waals surface area contributed by atoms with Crippen LogP contribution in [0.25, 0.3) is 0 Å². The summed E-state index contributed by atoms with van der Waals surface area (Å²) in [6.07, 6.45) is 5.55. The highest BCUT2D eigenvalue weighted by molar-refractivity contribution is 5.82. The van der Waals surface area contributed by atoms with Crippen molar-refractivity contribution < 1.29 is 4.79 Å². The third kappa shape index (κ3) is 4.59. The largest absolute Gasteiger partial charge is 0.341 e. The average molecular weight is 363 g/mol. The first-order valence-corrected chi connectivity index (χ1v) is 10.4. The number of likely N-dealkylation sites (tertiary alicyclic amines) is 2. The van der Waals surface area contributed by atoms with Crippen LogP contribution in [0, 0.1) is 5.92 Å². The Hall–Kier alpha value is -2.13. The second kappa shape index (κ2) is 8.71. The van der Waals surface area contributed by atoms with Gasteiger partial charge in [0.2, 0.25) is 5.91 Å². The zero-order valence-electron chi connectivity index (χ0n) is 16.1. The number of hydrogen-bond donors (Lipinski definition) is 0. The Morgan fingerprint density at radius 2 is 1.44 bits per heavy atom.